The van der Waals surface area contributed by atoms with Gasteiger partial charge in [0.1, 0.15) is 5.82 Å². The van der Waals surface area contributed by atoms with Crippen molar-refractivity contribution in [2.24, 2.45) is 0 Å². The fraction of sp³-hybridized carbons (Fsp3) is 0.368. The third kappa shape index (κ3) is 3.17. The Morgan fingerprint density at radius 1 is 1.09 bits per heavy atom. The lowest BCUT2D eigenvalue weighted by atomic mass is 9.89. The van der Waals surface area contributed by atoms with Gasteiger partial charge in [-0.15, -0.1) is 0 Å². The van der Waals surface area contributed by atoms with E-state index in [2.05, 4.69) is 18.0 Å². The first kappa shape index (κ1) is 15.8. The molecule has 122 valence electrons. The Balaban J connectivity index is 1.91. The Kier molecular flexibility index (Phi) is 4.53. The van der Waals surface area contributed by atoms with Crippen molar-refractivity contribution in [3.8, 4) is 11.5 Å². The third-order valence-electron chi connectivity index (χ3n) is 4.61. The molecule has 0 aliphatic carbocycles. The lowest BCUT2D eigenvalue weighted by Gasteiger charge is -2.35. The van der Waals surface area contributed by atoms with Crippen LogP contribution in [0.5, 0.6) is 11.5 Å². The van der Waals surface area contributed by atoms with E-state index in [9.17, 15) is 4.39 Å². The summed E-state index contributed by atoms with van der Waals surface area (Å²) in [6, 6.07) is 11.4. The number of benzene rings is 2. The second kappa shape index (κ2) is 6.59. The highest BCUT2D eigenvalue weighted by Gasteiger charge is 2.25. The average molecular weight is 315 g/mol. The molecule has 2 aromatic rings. The summed E-state index contributed by atoms with van der Waals surface area (Å²) < 4.78 is 24.2. The van der Waals surface area contributed by atoms with Crippen LogP contribution < -0.4 is 9.47 Å². The number of ether oxygens (including phenoxy) is 2. The number of rotatable bonds is 4. The van der Waals surface area contributed by atoms with Crippen molar-refractivity contribution < 1.29 is 13.9 Å². The predicted molar refractivity (Wildman–Crippen MR) is 88.7 cm³/mol. The van der Waals surface area contributed by atoms with Crippen molar-refractivity contribution >= 4 is 0 Å². The van der Waals surface area contributed by atoms with Crippen molar-refractivity contribution in [3.05, 3.63) is 58.9 Å². The first-order valence-electron chi connectivity index (χ1n) is 7.82. The zero-order chi connectivity index (χ0) is 16.4. The summed E-state index contributed by atoms with van der Waals surface area (Å²) in [4.78, 5) is 2.33. The lowest BCUT2D eigenvalue weighted by Crippen LogP contribution is -2.33. The SMILES string of the molecule is COc1ccc(C[C@H]2c3ccc(F)cc3CCN2C)cc1OC. The van der Waals surface area contributed by atoms with Gasteiger partial charge in [-0.2, -0.15) is 0 Å². The third-order valence-corrected chi connectivity index (χ3v) is 4.61. The summed E-state index contributed by atoms with van der Waals surface area (Å²) in [5.74, 6) is 1.32. The van der Waals surface area contributed by atoms with Crippen LogP contribution in [0.15, 0.2) is 36.4 Å². The molecule has 0 saturated heterocycles. The molecule has 1 aliphatic rings. The summed E-state index contributed by atoms with van der Waals surface area (Å²) in [5, 5.41) is 0. The second-order valence-corrected chi connectivity index (χ2v) is 5.98. The molecule has 0 N–H and O–H groups in total. The number of nitrogens with zero attached hydrogens (tertiary/aromatic N) is 1. The van der Waals surface area contributed by atoms with E-state index in [1.54, 1.807) is 26.4 Å². The highest BCUT2D eigenvalue weighted by atomic mass is 19.1. The maximum Gasteiger partial charge on any atom is 0.160 e. The fourth-order valence-electron chi connectivity index (χ4n) is 3.30. The van der Waals surface area contributed by atoms with E-state index < -0.39 is 0 Å². The van der Waals surface area contributed by atoms with Crippen molar-refractivity contribution in [1.29, 1.82) is 0 Å². The zero-order valence-electron chi connectivity index (χ0n) is 13.8. The number of hydrogen-bond donors (Lipinski definition) is 0. The van der Waals surface area contributed by atoms with E-state index in [1.165, 1.54) is 11.1 Å². The van der Waals surface area contributed by atoms with Gasteiger partial charge in [0.05, 0.1) is 14.2 Å². The van der Waals surface area contributed by atoms with Crippen LogP contribution >= 0.6 is 0 Å². The maximum absolute atomic E-state index is 13.5. The Morgan fingerprint density at radius 3 is 2.61 bits per heavy atom. The normalized spacial score (nSPS) is 17.7. The summed E-state index contributed by atoms with van der Waals surface area (Å²) in [5.41, 5.74) is 3.51. The van der Waals surface area contributed by atoms with Gasteiger partial charge in [0, 0.05) is 12.6 Å². The first-order chi connectivity index (χ1) is 11.1. The molecule has 0 radical (unpaired) electrons. The molecule has 4 heteroatoms. The molecule has 0 fully saturated rings. The summed E-state index contributed by atoms with van der Waals surface area (Å²) >= 11 is 0. The molecule has 3 nitrogen and oxygen atoms in total. The Hall–Kier alpha value is -2.07. The molecule has 0 unspecified atom stereocenters. The fourth-order valence-corrected chi connectivity index (χ4v) is 3.30. The smallest absolute Gasteiger partial charge is 0.160 e. The molecule has 0 saturated carbocycles. The molecule has 1 heterocycles. The van der Waals surface area contributed by atoms with E-state index in [-0.39, 0.29) is 11.9 Å². The van der Waals surface area contributed by atoms with Crippen LogP contribution in [0.1, 0.15) is 22.7 Å². The van der Waals surface area contributed by atoms with Crippen LogP contribution in [0.4, 0.5) is 4.39 Å². The minimum absolute atomic E-state index is 0.154. The zero-order valence-corrected chi connectivity index (χ0v) is 13.8. The first-order valence-corrected chi connectivity index (χ1v) is 7.82. The van der Waals surface area contributed by atoms with Crippen molar-refractivity contribution in [2.45, 2.75) is 18.9 Å². The number of hydrogen-bond acceptors (Lipinski definition) is 3. The molecule has 0 bridgehead atoms. The molecule has 1 atom stereocenters. The van der Waals surface area contributed by atoms with Crippen LogP contribution in [0.3, 0.4) is 0 Å². The van der Waals surface area contributed by atoms with Gasteiger partial charge in [0.25, 0.3) is 0 Å². The van der Waals surface area contributed by atoms with Crippen LogP contribution in [0.2, 0.25) is 0 Å². The molecule has 0 amide bonds. The average Bonchev–Trinajstić information content (AvgIpc) is 2.57. The van der Waals surface area contributed by atoms with E-state index in [0.29, 0.717) is 0 Å². The molecule has 0 aromatic heterocycles. The second-order valence-electron chi connectivity index (χ2n) is 5.98. The number of halogens is 1. The van der Waals surface area contributed by atoms with Crippen molar-refractivity contribution in [1.82, 2.24) is 4.90 Å². The standard InChI is InChI=1S/C19H22FNO2/c1-21-9-8-14-12-15(20)5-6-16(14)17(21)10-13-4-7-18(22-2)19(11-13)23-3/h4-7,11-12,17H,8-10H2,1-3H3/t17-/m0/s1. The Labute approximate surface area is 136 Å². The number of likely N-dealkylation sites (N-methyl/N-ethyl adjacent to an activating group) is 1. The highest BCUT2D eigenvalue weighted by molar-refractivity contribution is 5.44. The quantitative estimate of drug-likeness (QED) is 0.860. The van der Waals surface area contributed by atoms with Crippen molar-refractivity contribution in [3.63, 3.8) is 0 Å². The summed E-state index contributed by atoms with van der Waals surface area (Å²) in [7, 11) is 5.40. The summed E-state index contributed by atoms with van der Waals surface area (Å²) in [6.45, 7) is 0.939. The molecule has 2 aromatic carbocycles. The predicted octanol–water partition coefficient (Wildman–Crippen LogP) is 3.61. The molecule has 1 aliphatic heterocycles. The largest absolute Gasteiger partial charge is 0.493 e. The van der Waals surface area contributed by atoms with Gasteiger partial charge in [0.2, 0.25) is 0 Å². The van der Waals surface area contributed by atoms with Gasteiger partial charge in [-0.3, -0.25) is 4.90 Å². The van der Waals surface area contributed by atoms with E-state index in [1.807, 2.05) is 18.2 Å². The van der Waals surface area contributed by atoms with E-state index >= 15 is 0 Å². The minimum Gasteiger partial charge on any atom is -0.493 e. The molecular weight excluding hydrogens is 293 g/mol. The highest BCUT2D eigenvalue weighted by Crippen LogP contribution is 2.34. The van der Waals surface area contributed by atoms with Crippen LogP contribution in [-0.4, -0.2) is 32.7 Å². The molecule has 0 spiro atoms. The van der Waals surface area contributed by atoms with Crippen molar-refractivity contribution in [2.75, 3.05) is 27.8 Å². The van der Waals surface area contributed by atoms with Gasteiger partial charge in [-0.05, 0) is 60.8 Å². The van der Waals surface area contributed by atoms with Gasteiger partial charge >= 0.3 is 0 Å². The van der Waals surface area contributed by atoms with Gasteiger partial charge in [0.15, 0.2) is 11.5 Å². The number of fused-ring (bicyclic) bond motifs is 1. The Morgan fingerprint density at radius 2 is 1.87 bits per heavy atom. The monoisotopic (exact) mass is 315 g/mol. The molecule has 23 heavy (non-hydrogen) atoms. The van der Waals surface area contributed by atoms with E-state index in [0.717, 1.165) is 36.4 Å². The molecule has 3 rings (SSSR count). The van der Waals surface area contributed by atoms with Crippen LogP contribution in [0.25, 0.3) is 0 Å². The minimum atomic E-state index is -0.154. The Bertz CT molecular complexity index is 702. The van der Waals surface area contributed by atoms with Gasteiger partial charge < -0.3 is 9.47 Å². The maximum atomic E-state index is 13.5. The molecular formula is C19H22FNO2. The number of methoxy groups -OCH3 is 2. The van der Waals surface area contributed by atoms with E-state index in [4.69, 9.17) is 9.47 Å². The van der Waals surface area contributed by atoms with Crippen LogP contribution in [-0.2, 0) is 12.8 Å². The lowest BCUT2D eigenvalue weighted by molar-refractivity contribution is 0.229. The van der Waals surface area contributed by atoms with Gasteiger partial charge in [-0.25, -0.2) is 4.39 Å². The van der Waals surface area contributed by atoms with Crippen LogP contribution in [0, 0.1) is 5.82 Å². The van der Waals surface area contributed by atoms with Gasteiger partial charge in [-0.1, -0.05) is 12.1 Å². The summed E-state index contributed by atoms with van der Waals surface area (Å²) in [6.07, 6.45) is 1.75. The topological polar surface area (TPSA) is 21.7 Å².